The zero-order valence-electron chi connectivity index (χ0n) is 17.8. The number of hydrogen-bond acceptors (Lipinski definition) is 6. The standard InChI is InChI=1S/C23H25FN6O/c1-4-27-21-14(10-25)7-16-12-30(3)29-22(16)18-6-5-17(24)9-19(18)13(2)31-20-8-15(21)11-28-23(20)26/h5-6,8-13H,4,7,25H2,1-3H3,(H2,26,28)/t13-/m1/s1. The Kier molecular flexibility index (Phi) is 5.46. The smallest absolute Gasteiger partial charge is 0.166 e. The molecular weight excluding hydrogens is 395 g/mol. The Morgan fingerprint density at radius 3 is 2.90 bits per heavy atom. The summed E-state index contributed by atoms with van der Waals surface area (Å²) in [7, 11) is 1.86. The highest BCUT2D eigenvalue weighted by Crippen LogP contribution is 2.36. The Bertz CT molecular complexity index is 1200. The molecule has 1 aliphatic heterocycles. The number of aliphatic imine (C=N–C) groups is 1. The highest BCUT2D eigenvalue weighted by Gasteiger charge is 2.24. The third kappa shape index (κ3) is 3.88. The maximum Gasteiger partial charge on any atom is 0.166 e. The monoisotopic (exact) mass is 420 g/mol. The van der Waals surface area contributed by atoms with Crippen molar-refractivity contribution >= 4 is 11.5 Å². The molecular formula is C23H25FN6O. The number of aromatic nitrogens is 3. The minimum atomic E-state index is -0.490. The second kappa shape index (κ2) is 8.22. The number of ether oxygens (including phenoxy) is 1. The van der Waals surface area contributed by atoms with E-state index in [1.807, 2.05) is 33.2 Å². The van der Waals surface area contributed by atoms with E-state index in [2.05, 4.69) is 15.1 Å². The molecule has 0 saturated carbocycles. The van der Waals surface area contributed by atoms with Crippen molar-refractivity contribution in [2.45, 2.75) is 26.4 Å². The fraction of sp³-hybridized carbons (Fsp3) is 0.261. The first-order valence-electron chi connectivity index (χ1n) is 10.1. The number of benzene rings is 1. The maximum atomic E-state index is 14.2. The number of allylic oxidation sites excluding steroid dienone is 1. The van der Waals surface area contributed by atoms with Crippen molar-refractivity contribution in [1.82, 2.24) is 14.8 Å². The van der Waals surface area contributed by atoms with Crippen LogP contribution in [0.25, 0.3) is 11.3 Å². The van der Waals surface area contributed by atoms with Crippen molar-refractivity contribution in [1.29, 1.82) is 0 Å². The van der Waals surface area contributed by atoms with E-state index in [4.69, 9.17) is 16.2 Å². The summed E-state index contributed by atoms with van der Waals surface area (Å²) in [6.45, 7) is 4.39. The first kappa shape index (κ1) is 20.6. The van der Waals surface area contributed by atoms with Crippen LogP contribution in [0, 0.1) is 5.82 Å². The number of nitrogens with two attached hydrogens (primary N) is 2. The SMILES string of the molecule is CCN=C1C(=CN)Cc2cn(C)nc2-c2ccc(F)cc2[C@@H](C)Oc2cc1cnc2N. The molecule has 2 aromatic heterocycles. The fourth-order valence-electron chi connectivity index (χ4n) is 3.88. The maximum absolute atomic E-state index is 14.2. The Hall–Kier alpha value is -3.68. The molecule has 2 bridgehead atoms. The van der Waals surface area contributed by atoms with Crippen LogP contribution in [0.4, 0.5) is 10.2 Å². The number of aryl methyl sites for hydroxylation is 1. The molecule has 7 nitrogen and oxygen atoms in total. The van der Waals surface area contributed by atoms with Gasteiger partial charge in [0.1, 0.15) is 11.9 Å². The van der Waals surface area contributed by atoms with Gasteiger partial charge in [-0.1, -0.05) is 0 Å². The van der Waals surface area contributed by atoms with E-state index in [0.29, 0.717) is 24.3 Å². The molecule has 4 N–H and O–H groups in total. The van der Waals surface area contributed by atoms with E-state index in [9.17, 15) is 4.39 Å². The summed E-state index contributed by atoms with van der Waals surface area (Å²) in [4.78, 5) is 8.98. The predicted molar refractivity (Wildman–Crippen MR) is 119 cm³/mol. The summed E-state index contributed by atoms with van der Waals surface area (Å²) in [6, 6.07) is 6.44. The average molecular weight is 420 g/mol. The minimum Gasteiger partial charge on any atom is -0.482 e. The molecule has 1 aromatic carbocycles. The highest BCUT2D eigenvalue weighted by molar-refractivity contribution is 6.13. The lowest BCUT2D eigenvalue weighted by atomic mass is 9.93. The fourth-order valence-corrected chi connectivity index (χ4v) is 3.88. The Balaban J connectivity index is 2.00. The second-order valence-electron chi connectivity index (χ2n) is 7.47. The first-order valence-corrected chi connectivity index (χ1v) is 10.1. The van der Waals surface area contributed by atoms with Crippen LogP contribution in [-0.4, -0.2) is 27.0 Å². The van der Waals surface area contributed by atoms with Crippen LogP contribution in [0.3, 0.4) is 0 Å². The van der Waals surface area contributed by atoms with E-state index < -0.39 is 6.10 Å². The van der Waals surface area contributed by atoms with Gasteiger partial charge in [0.05, 0.1) is 11.4 Å². The summed E-state index contributed by atoms with van der Waals surface area (Å²) in [6.07, 6.45) is 5.18. The van der Waals surface area contributed by atoms with Crippen LogP contribution in [0.2, 0.25) is 0 Å². The first-order chi connectivity index (χ1) is 14.9. The van der Waals surface area contributed by atoms with Crippen molar-refractivity contribution in [3.63, 3.8) is 0 Å². The largest absolute Gasteiger partial charge is 0.482 e. The minimum absolute atomic E-state index is 0.248. The van der Waals surface area contributed by atoms with Gasteiger partial charge in [-0.25, -0.2) is 9.37 Å². The molecule has 0 fully saturated rings. The van der Waals surface area contributed by atoms with Crippen molar-refractivity contribution < 1.29 is 9.13 Å². The Morgan fingerprint density at radius 2 is 2.16 bits per heavy atom. The Morgan fingerprint density at radius 1 is 1.35 bits per heavy atom. The van der Waals surface area contributed by atoms with Crippen molar-refractivity contribution in [2.24, 2.45) is 17.8 Å². The van der Waals surface area contributed by atoms with Crippen LogP contribution >= 0.6 is 0 Å². The van der Waals surface area contributed by atoms with Gasteiger partial charge < -0.3 is 16.2 Å². The van der Waals surface area contributed by atoms with Crippen molar-refractivity contribution in [3.05, 3.63) is 70.9 Å². The number of hydrogen-bond donors (Lipinski definition) is 2. The van der Waals surface area contributed by atoms with Crippen LogP contribution in [0.15, 0.2) is 53.4 Å². The van der Waals surface area contributed by atoms with Gasteiger partial charge in [0, 0.05) is 54.7 Å². The number of halogens is 1. The van der Waals surface area contributed by atoms with E-state index in [1.165, 1.54) is 12.1 Å². The van der Waals surface area contributed by atoms with Crippen LogP contribution < -0.4 is 16.2 Å². The van der Waals surface area contributed by atoms with Gasteiger partial charge >= 0.3 is 0 Å². The summed E-state index contributed by atoms with van der Waals surface area (Å²) in [5.74, 6) is 0.305. The summed E-state index contributed by atoms with van der Waals surface area (Å²) in [5, 5.41) is 4.66. The van der Waals surface area contributed by atoms with Crippen LogP contribution in [0.5, 0.6) is 5.75 Å². The lowest BCUT2D eigenvalue weighted by Gasteiger charge is -2.21. The molecule has 0 spiro atoms. The molecule has 3 heterocycles. The highest BCUT2D eigenvalue weighted by atomic mass is 19.1. The third-order valence-corrected chi connectivity index (χ3v) is 5.27. The van der Waals surface area contributed by atoms with E-state index in [-0.39, 0.29) is 11.6 Å². The lowest BCUT2D eigenvalue weighted by molar-refractivity contribution is 0.227. The molecule has 0 aliphatic carbocycles. The third-order valence-electron chi connectivity index (χ3n) is 5.27. The van der Waals surface area contributed by atoms with Crippen molar-refractivity contribution in [2.75, 3.05) is 12.3 Å². The molecule has 31 heavy (non-hydrogen) atoms. The van der Waals surface area contributed by atoms with Gasteiger partial charge in [-0.2, -0.15) is 5.10 Å². The number of anilines is 1. The molecule has 1 aliphatic rings. The van der Waals surface area contributed by atoms with Crippen LogP contribution in [-0.2, 0) is 13.5 Å². The molecule has 0 unspecified atom stereocenters. The number of nitrogens with zero attached hydrogens (tertiary/aromatic N) is 4. The average Bonchev–Trinajstić information content (AvgIpc) is 3.11. The number of nitrogen functional groups attached to an aromatic ring is 1. The summed E-state index contributed by atoms with van der Waals surface area (Å²) < 4.78 is 22.1. The van der Waals surface area contributed by atoms with E-state index >= 15 is 0 Å². The van der Waals surface area contributed by atoms with Crippen LogP contribution in [0.1, 0.15) is 36.6 Å². The molecule has 4 rings (SSSR count). The number of rotatable bonds is 1. The summed E-state index contributed by atoms with van der Waals surface area (Å²) >= 11 is 0. The van der Waals surface area contributed by atoms with Crippen molar-refractivity contribution in [3.8, 4) is 17.0 Å². The molecule has 0 radical (unpaired) electrons. The van der Waals surface area contributed by atoms with E-state index in [0.717, 1.165) is 33.7 Å². The molecule has 0 saturated heterocycles. The molecule has 0 amide bonds. The zero-order chi connectivity index (χ0) is 22.1. The quantitative estimate of drug-likeness (QED) is 0.626. The number of pyridine rings is 1. The topological polar surface area (TPSA) is 104 Å². The molecule has 3 aromatic rings. The lowest BCUT2D eigenvalue weighted by Crippen LogP contribution is -2.14. The van der Waals surface area contributed by atoms with Gasteiger partial charge in [-0.05, 0) is 49.9 Å². The second-order valence-corrected chi connectivity index (χ2v) is 7.47. The predicted octanol–water partition coefficient (Wildman–Crippen LogP) is 3.55. The number of fused-ring (bicyclic) bond motifs is 5. The summed E-state index contributed by atoms with van der Waals surface area (Å²) in [5.41, 5.74) is 17.6. The van der Waals surface area contributed by atoms with Gasteiger partial charge in [0.15, 0.2) is 11.6 Å². The van der Waals surface area contributed by atoms with Gasteiger partial charge in [-0.15, -0.1) is 0 Å². The zero-order valence-corrected chi connectivity index (χ0v) is 17.8. The van der Waals surface area contributed by atoms with Gasteiger partial charge in [0.25, 0.3) is 0 Å². The van der Waals surface area contributed by atoms with Gasteiger partial charge in [-0.3, -0.25) is 9.67 Å². The van der Waals surface area contributed by atoms with Gasteiger partial charge in [0.2, 0.25) is 0 Å². The molecule has 1 atom stereocenters. The molecule has 8 heteroatoms. The normalized spacial score (nSPS) is 18.6. The Labute approximate surface area is 180 Å². The van der Waals surface area contributed by atoms with E-state index in [1.54, 1.807) is 23.1 Å². The molecule has 160 valence electrons.